The van der Waals surface area contributed by atoms with E-state index in [4.69, 9.17) is 14.7 Å². The van der Waals surface area contributed by atoms with Gasteiger partial charge >= 0.3 is 5.97 Å². The van der Waals surface area contributed by atoms with Gasteiger partial charge in [0.05, 0.1) is 24.7 Å². The molecule has 0 aliphatic heterocycles. The topological polar surface area (TPSA) is 55.3 Å². The third kappa shape index (κ3) is 4.15. The van der Waals surface area contributed by atoms with Crippen molar-refractivity contribution in [1.29, 1.82) is 0 Å². The standard InChI is InChI=1S/C25H23N3O2/c1-18-13-14-22-21(17-18)24(19-9-5-3-6-10-19)27-25(26-22)28(16-15-23(29)30-2)20-11-7-4-8-12-20/h3-14,17H,15-16H2,1-2H3. The van der Waals surface area contributed by atoms with Crippen LogP contribution in [0.2, 0.25) is 0 Å². The number of fused-ring (bicyclic) bond motifs is 1. The Bertz CT molecular complexity index is 1160. The summed E-state index contributed by atoms with van der Waals surface area (Å²) in [5.74, 6) is 0.288. The van der Waals surface area contributed by atoms with Crippen LogP contribution in [0.4, 0.5) is 11.6 Å². The lowest BCUT2D eigenvalue weighted by Crippen LogP contribution is -2.23. The molecule has 0 unspecified atom stereocenters. The molecular formula is C25H23N3O2. The fourth-order valence-corrected chi connectivity index (χ4v) is 3.42. The lowest BCUT2D eigenvalue weighted by atomic mass is 10.0. The molecule has 0 saturated carbocycles. The predicted octanol–water partition coefficient (Wildman–Crippen LogP) is 5.31. The molecule has 4 aromatic rings. The van der Waals surface area contributed by atoms with Crippen molar-refractivity contribution in [1.82, 2.24) is 9.97 Å². The number of ether oxygens (including phenoxy) is 1. The molecule has 0 aliphatic rings. The van der Waals surface area contributed by atoms with Gasteiger partial charge in [0.25, 0.3) is 0 Å². The number of benzene rings is 3. The first-order chi connectivity index (χ1) is 14.7. The summed E-state index contributed by atoms with van der Waals surface area (Å²) in [7, 11) is 1.40. The van der Waals surface area contributed by atoms with Crippen molar-refractivity contribution in [3.8, 4) is 11.3 Å². The Hall–Kier alpha value is -3.73. The smallest absolute Gasteiger partial charge is 0.307 e. The summed E-state index contributed by atoms with van der Waals surface area (Å²) < 4.78 is 4.84. The van der Waals surface area contributed by atoms with Gasteiger partial charge in [0.1, 0.15) is 0 Å². The quantitative estimate of drug-likeness (QED) is 0.413. The third-order valence-electron chi connectivity index (χ3n) is 4.96. The van der Waals surface area contributed by atoms with Crippen LogP contribution in [0, 0.1) is 6.92 Å². The number of esters is 1. The molecule has 0 aliphatic carbocycles. The van der Waals surface area contributed by atoms with Crippen LogP contribution in [0.15, 0.2) is 78.9 Å². The van der Waals surface area contributed by atoms with Crippen molar-refractivity contribution in [3.63, 3.8) is 0 Å². The zero-order valence-electron chi connectivity index (χ0n) is 17.1. The Balaban J connectivity index is 1.88. The molecule has 0 atom stereocenters. The molecule has 5 heteroatoms. The van der Waals surface area contributed by atoms with Crippen LogP contribution >= 0.6 is 0 Å². The maximum absolute atomic E-state index is 11.8. The molecule has 3 aromatic carbocycles. The molecule has 0 amide bonds. The Kier molecular flexibility index (Phi) is 5.70. The summed E-state index contributed by atoms with van der Waals surface area (Å²) in [5, 5.41) is 1.01. The van der Waals surface area contributed by atoms with Gasteiger partial charge in [0.2, 0.25) is 5.95 Å². The summed E-state index contributed by atoms with van der Waals surface area (Å²) in [4.78, 5) is 23.6. The zero-order valence-corrected chi connectivity index (χ0v) is 17.1. The fourth-order valence-electron chi connectivity index (χ4n) is 3.42. The normalized spacial score (nSPS) is 10.7. The average molecular weight is 397 g/mol. The van der Waals surface area contributed by atoms with E-state index < -0.39 is 0 Å². The van der Waals surface area contributed by atoms with Gasteiger partial charge in [-0.15, -0.1) is 0 Å². The number of aryl methyl sites for hydroxylation is 1. The molecule has 0 saturated heterocycles. The first-order valence-corrected chi connectivity index (χ1v) is 9.89. The largest absolute Gasteiger partial charge is 0.469 e. The van der Waals surface area contributed by atoms with E-state index in [0.29, 0.717) is 12.5 Å². The number of carbonyl (C=O) groups is 1. The lowest BCUT2D eigenvalue weighted by molar-refractivity contribution is -0.140. The summed E-state index contributed by atoms with van der Waals surface area (Å²) in [5.41, 5.74) is 4.84. The van der Waals surface area contributed by atoms with Gasteiger partial charge in [-0.3, -0.25) is 4.79 Å². The van der Waals surface area contributed by atoms with E-state index in [9.17, 15) is 4.79 Å². The minimum Gasteiger partial charge on any atom is -0.469 e. The van der Waals surface area contributed by atoms with Crippen LogP contribution in [0.25, 0.3) is 22.2 Å². The van der Waals surface area contributed by atoms with Crippen LogP contribution in [0.5, 0.6) is 0 Å². The van der Waals surface area contributed by atoms with Gasteiger partial charge in [0.15, 0.2) is 0 Å². The van der Waals surface area contributed by atoms with Gasteiger partial charge in [-0.25, -0.2) is 9.97 Å². The second-order valence-corrected chi connectivity index (χ2v) is 7.07. The van der Waals surface area contributed by atoms with Gasteiger partial charge in [-0.1, -0.05) is 60.2 Å². The van der Waals surface area contributed by atoms with Crippen LogP contribution in [-0.2, 0) is 9.53 Å². The predicted molar refractivity (Wildman–Crippen MR) is 120 cm³/mol. The molecule has 150 valence electrons. The van der Waals surface area contributed by atoms with Crippen molar-refractivity contribution in [3.05, 3.63) is 84.4 Å². The Morgan fingerprint density at radius 2 is 1.63 bits per heavy atom. The third-order valence-corrected chi connectivity index (χ3v) is 4.96. The van der Waals surface area contributed by atoms with Gasteiger partial charge in [0, 0.05) is 23.2 Å². The Morgan fingerprint density at radius 1 is 0.933 bits per heavy atom. The summed E-state index contributed by atoms with van der Waals surface area (Å²) in [6.07, 6.45) is 0.237. The van der Waals surface area contributed by atoms with Crippen molar-refractivity contribution < 1.29 is 9.53 Å². The van der Waals surface area contributed by atoms with Gasteiger partial charge in [-0.2, -0.15) is 0 Å². The Morgan fingerprint density at radius 3 is 2.33 bits per heavy atom. The van der Waals surface area contributed by atoms with Crippen LogP contribution in [0.3, 0.4) is 0 Å². The van der Waals surface area contributed by atoms with Gasteiger partial charge in [-0.05, 0) is 31.2 Å². The highest BCUT2D eigenvalue weighted by atomic mass is 16.5. The molecular weight excluding hydrogens is 374 g/mol. The highest BCUT2D eigenvalue weighted by Crippen LogP contribution is 2.31. The Labute approximate surface area is 176 Å². The van der Waals surface area contributed by atoms with E-state index in [1.807, 2.05) is 59.5 Å². The summed E-state index contributed by atoms with van der Waals surface area (Å²) in [6.45, 7) is 2.48. The first-order valence-electron chi connectivity index (χ1n) is 9.89. The van der Waals surface area contributed by atoms with Crippen molar-refractivity contribution in [2.24, 2.45) is 0 Å². The molecule has 0 radical (unpaired) electrons. The number of hydrogen-bond acceptors (Lipinski definition) is 5. The summed E-state index contributed by atoms with van der Waals surface area (Å²) in [6, 6.07) is 26.1. The minimum atomic E-state index is -0.268. The van der Waals surface area contributed by atoms with Crippen LogP contribution in [-0.4, -0.2) is 29.6 Å². The minimum absolute atomic E-state index is 0.237. The van der Waals surface area contributed by atoms with Gasteiger partial charge < -0.3 is 9.64 Å². The molecule has 0 spiro atoms. The second-order valence-electron chi connectivity index (χ2n) is 7.07. The van der Waals surface area contributed by atoms with E-state index in [2.05, 4.69) is 31.2 Å². The highest BCUT2D eigenvalue weighted by molar-refractivity contribution is 5.94. The zero-order chi connectivity index (χ0) is 20.9. The van der Waals surface area contributed by atoms with E-state index in [-0.39, 0.29) is 12.4 Å². The fraction of sp³-hybridized carbons (Fsp3) is 0.160. The molecule has 0 bridgehead atoms. The molecule has 30 heavy (non-hydrogen) atoms. The van der Waals surface area contributed by atoms with E-state index in [0.717, 1.165) is 33.4 Å². The van der Waals surface area contributed by atoms with E-state index in [1.54, 1.807) is 0 Å². The number of nitrogens with zero attached hydrogens (tertiary/aromatic N) is 3. The first kappa shape index (κ1) is 19.6. The number of rotatable bonds is 6. The van der Waals surface area contributed by atoms with E-state index >= 15 is 0 Å². The summed E-state index contributed by atoms with van der Waals surface area (Å²) >= 11 is 0. The molecule has 1 heterocycles. The highest BCUT2D eigenvalue weighted by Gasteiger charge is 2.18. The number of hydrogen-bond donors (Lipinski definition) is 0. The molecule has 0 N–H and O–H groups in total. The molecule has 4 rings (SSSR count). The maximum atomic E-state index is 11.8. The SMILES string of the molecule is COC(=O)CCN(c1ccccc1)c1nc(-c2ccccc2)c2cc(C)ccc2n1. The van der Waals surface area contributed by atoms with Crippen molar-refractivity contribution >= 4 is 28.5 Å². The number of para-hydroxylation sites is 1. The molecule has 5 nitrogen and oxygen atoms in total. The molecule has 1 aromatic heterocycles. The number of anilines is 2. The average Bonchev–Trinajstić information content (AvgIpc) is 2.80. The van der Waals surface area contributed by atoms with Crippen molar-refractivity contribution in [2.75, 3.05) is 18.6 Å². The second kappa shape index (κ2) is 8.74. The van der Waals surface area contributed by atoms with Crippen LogP contribution in [0.1, 0.15) is 12.0 Å². The number of methoxy groups -OCH3 is 1. The number of aromatic nitrogens is 2. The molecule has 0 fully saturated rings. The maximum Gasteiger partial charge on any atom is 0.307 e. The van der Waals surface area contributed by atoms with Crippen LogP contribution < -0.4 is 4.90 Å². The van der Waals surface area contributed by atoms with E-state index in [1.165, 1.54) is 7.11 Å². The monoisotopic (exact) mass is 397 g/mol. The lowest BCUT2D eigenvalue weighted by Gasteiger charge is -2.23. The van der Waals surface area contributed by atoms with Crippen molar-refractivity contribution in [2.45, 2.75) is 13.3 Å². The number of carbonyl (C=O) groups excluding carboxylic acids is 1.